The van der Waals surface area contributed by atoms with E-state index < -0.39 is 5.60 Å². The van der Waals surface area contributed by atoms with Gasteiger partial charge in [-0.15, -0.1) is 0 Å². The first kappa shape index (κ1) is 13.3. The van der Waals surface area contributed by atoms with Crippen molar-refractivity contribution < 1.29 is 9.84 Å². The Bertz CT molecular complexity index is 424. The summed E-state index contributed by atoms with van der Waals surface area (Å²) in [6.07, 6.45) is 2.57. The molecule has 0 spiro atoms. The van der Waals surface area contributed by atoms with Crippen molar-refractivity contribution in [3.05, 3.63) is 11.5 Å². The maximum absolute atomic E-state index is 10.4. The van der Waals surface area contributed by atoms with E-state index in [0.29, 0.717) is 44.1 Å². The molecule has 0 bridgehead atoms. The average molecular weight is 273 g/mol. The number of nitrogens with two attached hydrogens (primary N) is 1. The van der Waals surface area contributed by atoms with Crippen LogP contribution in [-0.2, 0) is 4.74 Å². The summed E-state index contributed by atoms with van der Waals surface area (Å²) in [6.45, 7) is 1.59. The van der Waals surface area contributed by atoms with Crippen LogP contribution in [0.4, 0.5) is 11.5 Å². The molecule has 0 amide bonds. The molecule has 0 radical (unpaired) electrons. The number of nitrogen functional groups attached to an aromatic ring is 1. The van der Waals surface area contributed by atoms with Crippen molar-refractivity contribution in [2.45, 2.75) is 18.4 Å². The number of ether oxygens (including phenoxy) is 1. The lowest BCUT2D eigenvalue weighted by atomic mass is 9.94. The number of halogens is 1. The van der Waals surface area contributed by atoms with Crippen LogP contribution >= 0.6 is 11.6 Å². The van der Waals surface area contributed by atoms with Crippen LogP contribution < -0.4 is 10.6 Å². The van der Waals surface area contributed by atoms with E-state index in [2.05, 4.69) is 9.97 Å². The molecular weight excluding hydrogens is 256 g/mol. The fourth-order valence-electron chi connectivity index (χ4n) is 2.10. The van der Waals surface area contributed by atoms with Crippen LogP contribution in [0.3, 0.4) is 0 Å². The third-order valence-corrected chi connectivity index (χ3v) is 3.43. The van der Waals surface area contributed by atoms with E-state index in [-0.39, 0.29) is 5.15 Å². The van der Waals surface area contributed by atoms with Gasteiger partial charge in [-0.1, -0.05) is 11.6 Å². The Morgan fingerprint density at radius 1 is 1.50 bits per heavy atom. The predicted molar refractivity (Wildman–Crippen MR) is 69.7 cm³/mol. The summed E-state index contributed by atoms with van der Waals surface area (Å²) >= 11 is 5.85. The Morgan fingerprint density at radius 3 is 2.83 bits per heavy atom. The van der Waals surface area contributed by atoms with Gasteiger partial charge in [-0.2, -0.15) is 0 Å². The molecule has 0 aromatic carbocycles. The quantitative estimate of drug-likeness (QED) is 0.788. The van der Waals surface area contributed by atoms with Crippen LogP contribution in [0.5, 0.6) is 0 Å². The van der Waals surface area contributed by atoms with Crippen molar-refractivity contribution in [2.24, 2.45) is 0 Å². The molecule has 2 heterocycles. The van der Waals surface area contributed by atoms with Crippen molar-refractivity contribution in [3.8, 4) is 0 Å². The van der Waals surface area contributed by atoms with Crippen LogP contribution in [0.25, 0.3) is 0 Å². The second-order valence-electron chi connectivity index (χ2n) is 4.59. The molecular formula is C11H17ClN4O2. The van der Waals surface area contributed by atoms with Crippen molar-refractivity contribution in [1.82, 2.24) is 9.97 Å². The van der Waals surface area contributed by atoms with Gasteiger partial charge in [0.15, 0.2) is 11.0 Å². The van der Waals surface area contributed by atoms with Gasteiger partial charge in [-0.05, 0) is 0 Å². The third kappa shape index (κ3) is 2.82. The molecule has 0 unspecified atom stereocenters. The molecule has 1 aromatic rings. The molecule has 0 aliphatic carbocycles. The summed E-state index contributed by atoms with van der Waals surface area (Å²) in [7, 11) is 1.82. The van der Waals surface area contributed by atoms with E-state index in [1.54, 1.807) is 4.90 Å². The highest BCUT2D eigenvalue weighted by molar-refractivity contribution is 6.32. The molecule has 18 heavy (non-hydrogen) atoms. The zero-order valence-corrected chi connectivity index (χ0v) is 11.0. The number of rotatable bonds is 3. The zero-order chi connectivity index (χ0) is 13.2. The van der Waals surface area contributed by atoms with E-state index in [1.165, 1.54) is 6.33 Å². The topological polar surface area (TPSA) is 84.5 Å². The Balaban J connectivity index is 2.11. The highest BCUT2D eigenvalue weighted by Crippen LogP contribution is 2.28. The number of anilines is 2. The Labute approximate surface area is 111 Å². The van der Waals surface area contributed by atoms with Crippen LogP contribution in [0.2, 0.25) is 5.15 Å². The minimum absolute atomic E-state index is 0.228. The van der Waals surface area contributed by atoms with Gasteiger partial charge in [0.2, 0.25) is 0 Å². The van der Waals surface area contributed by atoms with Crippen molar-refractivity contribution in [2.75, 3.05) is 37.4 Å². The first-order valence-corrected chi connectivity index (χ1v) is 6.17. The highest BCUT2D eigenvalue weighted by atomic mass is 35.5. The number of hydrogen-bond acceptors (Lipinski definition) is 6. The fourth-order valence-corrected chi connectivity index (χ4v) is 2.22. The van der Waals surface area contributed by atoms with Crippen LogP contribution in [0.1, 0.15) is 12.8 Å². The number of nitrogens with zero attached hydrogens (tertiary/aromatic N) is 3. The summed E-state index contributed by atoms with van der Waals surface area (Å²) in [6, 6.07) is 0. The normalized spacial score (nSPS) is 18.6. The Hall–Kier alpha value is -1.11. The molecule has 0 saturated carbocycles. The van der Waals surface area contributed by atoms with Crippen LogP contribution in [0, 0.1) is 0 Å². The largest absolute Gasteiger partial charge is 0.393 e. The van der Waals surface area contributed by atoms with E-state index >= 15 is 0 Å². The standard InChI is InChI=1S/C11H17ClN4O2/c1-16(6-11(17)2-4-18-5-3-11)10-8(13)9(12)14-7-15-10/h7,17H,2-6,13H2,1H3. The average Bonchev–Trinajstić information content (AvgIpc) is 2.33. The molecule has 3 N–H and O–H groups in total. The molecule has 7 heteroatoms. The number of aliphatic hydroxyl groups is 1. The summed E-state index contributed by atoms with van der Waals surface area (Å²) in [5.41, 5.74) is 5.39. The zero-order valence-electron chi connectivity index (χ0n) is 10.3. The summed E-state index contributed by atoms with van der Waals surface area (Å²) in [4.78, 5) is 9.70. The van der Waals surface area contributed by atoms with Gasteiger partial charge in [0.05, 0.1) is 5.60 Å². The second kappa shape index (κ2) is 5.26. The Kier molecular flexibility index (Phi) is 3.89. The monoisotopic (exact) mass is 272 g/mol. The van der Waals surface area contributed by atoms with Crippen LogP contribution in [0.15, 0.2) is 6.33 Å². The SMILES string of the molecule is CN(CC1(O)CCOCC1)c1ncnc(Cl)c1N. The van der Waals surface area contributed by atoms with Gasteiger partial charge in [-0.25, -0.2) is 9.97 Å². The first-order valence-electron chi connectivity index (χ1n) is 5.79. The minimum Gasteiger partial charge on any atom is -0.393 e. The third-order valence-electron chi connectivity index (χ3n) is 3.13. The van der Waals surface area contributed by atoms with E-state index in [1.807, 2.05) is 7.05 Å². The molecule has 0 atom stereocenters. The van der Waals surface area contributed by atoms with E-state index in [4.69, 9.17) is 22.1 Å². The summed E-state index contributed by atoms with van der Waals surface area (Å²) < 4.78 is 5.25. The second-order valence-corrected chi connectivity index (χ2v) is 4.95. The number of likely N-dealkylation sites (N-methyl/N-ethyl adjacent to an activating group) is 1. The van der Waals surface area contributed by atoms with Gasteiger partial charge < -0.3 is 20.5 Å². The summed E-state index contributed by atoms with van der Waals surface area (Å²) in [5.74, 6) is 0.537. The molecule has 1 aliphatic rings. The Morgan fingerprint density at radius 2 is 2.17 bits per heavy atom. The molecule has 6 nitrogen and oxygen atoms in total. The van der Waals surface area contributed by atoms with E-state index in [0.717, 1.165) is 0 Å². The van der Waals surface area contributed by atoms with Crippen LogP contribution in [-0.4, -0.2) is 47.5 Å². The van der Waals surface area contributed by atoms with Gasteiger partial charge in [-0.3, -0.25) is 0 Å². The first-order chi connectivity index (χ1) is 8.52. The lowest BCUT2D eigenvalue weighted by molar-refractivity contribution is -0.0573. The van der Waals surface area contributed by atoms with Gasteiger partial charge in [0, 0.05) is 39.6 Å². The predicted octanol–water partition coefficient (Wildman–Crippen LogP) is 0.690. The van der Waals surface area contributed by atoms with E-state index in [9.17, 15) is 5.11 Å². The molecule has 1 fully saturated rings. The minimum atomic E-state index is -0.767. The summed E-state index contributed by atoms with van der Waals surface area (Å²) in [5, 5.41) is 10.7. The maximum Gasteiger partial charge on any atom is 0.157 e. The molecule has 2 rings (SSSR count). The number of hydrogen-bond donors (Lipinski definition) is 2. The molecule has 1 saturated heterocycles. The molecule has 1 aromatic heterocycles. The fraction of sp³-hybridized carbons (Fsp3) is 0.636. The van der Waals surface area contributed by atoms with Crippen molar-refractivity contribution in [1.29, 1.82) is 0 Å². The van der Waals surface area contributed by atoms with Gasteiger partial charge in [0.1, 0.15) is 12.0 Å². The highest BCUT2D eigenvalue weighted by Gasteiger charge is 2.32. The lowest BCUT2D eigenvalue weighted by Gasteiger charge is -2.36. The smallest absolute Gasteiger partial charge is 0.157 e. The van der Waals surface area contributed by atoms with Gasteiger partial charge >= 0.3 is 0 Å². The molecule has 1 aliphatic heterocycles. The van der Waals surface area contributed by atoms with Crippen molar-refractivity contribution >= 4 is 23.1 Å². The van der Waals surface area contributed by atoms with Gasteiger partial charge in [0.25, 0.3) is 0 Å². The molecule has 100 valence electrons. The number of aromatic nitrogens is 2. The maximum atomic E-state index is 10.4. The lowest BCUT2D eigenvalue weighted by Crippen LogP contribution is -2.46. The van der Waals surface area contributed by atoms with Crippen molar-refractivity contribution in [3.63, 3.8) is 0 Å².